The van der Waals surface area contributed by atoms with Crippen molar-refractivity contribution in [2.24, 2.45) is 0 Å². The normalized spacial score (nSPS) is 13.0. The van der Waals surface area contributed by atoms with Crippen LogP contribution in [-0.4, -0.2) is 28.8 Å². The molecule has 0 radical (unpaired) electrons. The van der Waals surface area contributed by atoms with E-state index in [1.54, 1.807) is 17.0 Å². The minimum Gasteiger partial charge on any atom is -0.352 e. The number of nitrogens with zero attached hydrogens (tertiary/aromatic N) is 1. The molecule has 0 aliphatic carbocycles. The van der Waals surface area contributed by atoms with Gasteiger partial charge in [0.1, 0.15) is 11.9 Å². The molecular weight excluding hydrogens is 403 g/mol. The fourth-order valence-electron chi connectivity index (χ4n) is 3.61. The first kappa shape index (κ1) is 25.6. The molecule has 32 heavy (non-hydrogen) atoms. The summed E-state index contributed by atoms with van der Waals surface area (Å²) in [4.78, 5) is 27.9. The van der Waals surface area contributed by atoms with Crippen molar-refractivity contribution in [2.45, 2.75) is 84.8 Å². The number of carbonyl (C=O) groups is 2. The van der Waals surface area contributed by atoms with E-state index in [1.165, 1.54) is 17.7 Å². The summed E-state index contributed by atoms with van der Waals surface area (Å²) in [6.45, 7) is 10.5. The van der Waals surface area contributed by atoms with Crippen molar-refractivity contribution >= 4 is 11.8 Å². The van der Waals surface area contributed by atoms with Crippen molar-refractivity contribution in [2.75, 3.05) is 0 Å². The van der Waals surface area contributed by atoms with Crippen molar-refractivity contribution in [3.8, 4) is 0 Å². The van der Waals surface area contributed by atoms with E-state index in [2.05, 4.69) is 43.4 Å². The number of hydrogen-bond acceptors (Lipinski definition) is 2. The predicted octanol–water partition coefficient (Wildman–Crippen LogP) is 5.60. The Kier molecular flexibility index (Phi) is 9.89. The molecule has 2 aromatic carbocycles. The Bertz CT molecular complexity index is 862. The van der Waals surface area contributed by atoms with Crippen molar-refractivity contribution in [3.05, 3.63) is 71.0 Å². The fourth-order valence-corrected chi connectivity index (χ4v) is 3.61. The molecule has 0 aliphatic heterocycles. The van der Waals surface area contributed by atoms with Crippen LogP contribution in [0.4, 0.5) is 4.39 Å². The summed E-state index contributed by atoms with van der Waals surface area (Å²) in [6, 6.07) is 13.9. The molecule has 0 fully saturated rings. The summed E-state index contributed by atoms with van der Waals surface area (Å²) in [5.41, 5.74) is 3.17. The average molecular weight is 441 g/mol. The van der Waals surface area contributed by atoms with Gasteiger partial charge in [-0.2, -0.15) is 0 Å². The lowest BCUT2D eigenvalue weighted by atomic mass is 10.00. The Labute approximate surface area is 192 Å². The molecule has 0 bridgehead atoms. The SMILES string of the molecule is CC[C@@H](C)NC(=O)[C@@H](CC)N(Cc1ccc(F)cc1)C(=O)CCc1ccc(C(C)C)cc1. The summed E-state index contributed by atoms with van der Waals surface area (Å²) in [5, 5.41) is 3.01. The topological polar surface area (TPSA) is 49.4 Å². The number of carbonyl (C=O) groups excluding carboxylic acids is 2. The predicted molar refractivity (Wildman–Crippen MR) is 128 cm³/mol. The number of benzene rings is 2. The van der Waals surface area contributed by atoms with Gasteiger partial charge < -0.3 is 10.2 Å². The maximum atomic E-state index is 13.4. The zero-order valence-electron chi connectivity index (χ0n) is 20.0. The van der Waals surface area contributed by atoms with Crippen LogP contribution in [0.3, 0.4) is 0 Å². The fraction of sp³-hybridized carbons (Fsp3) is 0.481. The van der Waals surface area contributed by atoms with E-state index < -0.39 is 6.04 Å². The lowest BCUT2D eigenvalue weighted by Gasteiger charge is -2.31. The zero-order chi connectivity index (χ0) is 23.7. The van der Waals surface area contributed by atoms with Crippen LogP contribution in [-0.2, 0) is 22.6 Å². The number of nitrogens with one attached hydrogen (secondary N) is 1. The Hall–Kier alpha value is -2.69. The Morgan fingerprint density at radius 1 is 0.906 bits per heavy atom. The second kappa shape index (κ2) is 12.4. The molecule has 2 amide bonds. The first-order chi connectivity index (χ1) is 15.2. The lowest BCUT2D eigenvalue weighted by Crippen LogP contribution is -2.50. The van der Waals surface area contributed by atoms with Crippen LogP contribution in [0, 0.1) is 5.82 Å². The first-order valence-electron chi connectivity index (χ1n) is 11.7. The second-order valence-corrected chi connectivity index (χ2v) is 8.79. The number of rotatable bonds is 11. The van der Waals surface area contributed by atoms with Gasteiger partial charge in [0.15, 0.2) is 0 Å². The Balaban J connectivity index is 2.18. The molecule has 0 aliphatic rings. The standard InChI is InChI=1S/C27H37FN2O2/c1-6-20(5)29-27(32)25(7-2)30(18-22-10-15-24(28)16-11-22)26(31)17-12-21-8-13-23(14-9-21)19(3)4/h8-11,13-16,19-20,25H,6-7,12,17-18H2,1-5H3,(H,29,32)/t20-,25-/m1/s1. The summed E-state index contributed by atoms with van der Waals surface area (Å²) in [7, 11) is 0. The molecular formula is C27H37FN2O2. The summed E-state index contributed by atoms with van der Waals surface area (Å²) < 4.78 is 13.4. The molecule has 0 heterocycles. The summed E-state index contributed by atoms with van der Waals surface area (Å²) >= 11 is 0. The number of aryl methyl sites for hydroxylation is 1. The first-order valence-corrected chi connectivity index (χ1v) is 11.7. The highest BCUT2D eigenvalue weighted by molar-refractivity contribution is 5.87. The van der Waals surface area contributed by atoms with E-state index in [4.69, 9.17) is 0 Å². The average Bonchev–Trinajstić information content (AvgIpc) is 2.78. The van der Waals surface area contributed by atoms with Crippen LogP contribution in [0.5, 0.6) is 0 Å². The second-order valence-electron chi connectivity index (χ2n) is 8.79. The minimum atomic E-state index is -0.565. The molecule has 0 saturated heterocycles. The van der Waals surface area contributed by atoms with Crippen molar-refractivity contribution < 1.29 is 14.0 Å². The molecule has 2 atom stereocenters. The van der Waals surface area contributed by atoms with Gasteiger partial charge in [0, 0.05) is 19.0 Å². The number of hydrogen-bond donors (Lipinski definition) is 1. The third-order valence-corrected chi connectivity index (χ3v) is 5.93. The van der Waals surface area contributed by atoms with Gasteiger partial charge in [-0.3, -0.25) is 9.59 Å². The van der Waals surface area contributed by atoms with Crippen LogP contribution in [0.25, 0.3) is 0 Å². The third kappa shape index (κ3) is 7.47. The van der Waals surface area contributed by atoms with Crippen LogP contribution < -0.4 is 5.32 Å². The third-order valence-electron chi connectivity index (χ3n) is 5.93. The van der Waals surface area contributed by atoms with Gasteiger partial charge in [0.25, 0.3) is 0 Å². The quantitative estimate of drug-likeness (QED) is 0.494. The van der Waals surface area contributed by atoms with Gasteiger partial charge in [-0.05, 0) is 60.9 Å². The molecule has 5 heteroatoms. The van der Waals surface area contributed by atoms with Crippen LogP contribution in [0.2, 0.25) is 0 Å². The lowest BCUT2D eigenvalue weighted by molar-refractivity contribution is -0.141. The van der Waals surface area contributed by atoms with Crippen molar-refractivity contribution in [3.63, 3.8) is 0 Å². The highest BCUT2D eigenvalue weighted by atomic mass is 19.1. The monoisotopic (exact) mass is 440 g/mol. The van der Waals surface area contributed by atoms with Crippen molar-refractivity contribution in [1.82, 2.24) is 10.2 Å². The molecule has 2 rings (SSSR count). The number of amides is 2. The largest absolute Gasteiger partial charge is 0.352 e. The van der Waals surface area contributed by atoms with Gasteiger partial charge in [-0.25, -0.2) is 4.39 Å². The smallest absolute Gasteiger partial charge is 0.243 e. The number of halogens is 1. The van der Waals surface area contributed by atoms with E-state index >= 15 is 0 Å². The molecule has 174 valence electrons. The van der Waals surface area contributed by atoms with E-state index in [0.29, 0.717) is 25.2 Å². The van der Waals surface area contributed by atoms with Gasteiger partial charge >= 0.3 is 0 Å². The van der Waals surface area contributed by atoms with E-state index in [0.717, 1.165) is 17.5 Å². The molecule has 2 aromatic rings. The Morgan fingerprint density at radius 3 is 2.03 bits per heavy atom. The van der Waals surface area contributed by atoms with E-state index in [1.807, 2.05) is 20.8 Å². The minimum absolute atomic E-state index is 0.0406. The van der Waals surface area contributed by atoms with Gasteiger partial charge in [-0.1, -0.05) is 64.1 Å². The molecule has 4 nitrogen and oxygen atoms in total. The van der Waals surface area contributed by atoms with Crippen LogP contribution in [0.1, 0.15) is 76.5 Å². The zero-order valence-corrected chi connectivity index (χ0v) is 20.0. The Morgan fingerprint density at radius 2 is 1.50 bits per heavy atom. The van der Waals surface area contributed by atoms with Crippen LogP contribution in [0.15, 0.2) is 48.5 Å². The molecule has 1 N–H and O–H groups in total. The molecule has 0 aromatic heterocycles. The molecule has 0 unspecified atom stereocenters. The van der Waals surface area contributed by atoms with Gasteiger partial charge in [0.05, 0.1) is 0 Å². The van der Waals surface area contributed by atoms with Crippen LogP contribution >= 0.6 is 0 Å². The van der Waals surface area contributed by atoms with Crippen molar-refractivity contribution in [1.29, 1.82) is 0 Å². The maximum Gasteiger partial charge on any atom is 0.243 e. The summed E-state index contributed by atoms with van der Waals surface area (Å²) in [6.07, 6.45) is 2.26. The highest BCUT2D eigenvalue weighted by Gasteiger charge is 2.29. The van der Waals surface area contributed by atoms with Gasteiger partial charge in [0.2, 0.25) is 11.8 Å². The maximum absolute atomic E-state index is 13.4. The highest BCUT2D eigenvalue weighted by Crippen LogP contribution is 2.18. The molecule has 0 saturated carbocycles. The summed E-state index contributed by atoms with van der Waals surface area (Å²) in [5.74, 6) is -0.0729. The van der Waals surface area contributed by atoms with Gasteiger partial charge in [-0.15, -0.1) is 0 Å². The van der Waals surface area contributed by atoms with E-state index in [-0.39, 0.29) is 30.2 Å². The molecule has 0 spiro atoms. The van der Waals surface area contributed by atoms with E-state index in [9.17, 15) is 14.0 Å².